The van der Waals surface area contributed by atoms with Gasteiger partial charge < -0.3 is 5.32 Å². The van der Waals surface area contributed by atoms with Gasteiger partial charge in [0.25, 0.3) is 10.0 Å². The molecule has 0 radical (unpaired) electrons. The number of nitrogens with zero attached hydrogens (tertiary/aromatic N) is 3. The lowest BCUT2D eigenvalue weighted by Gasteiger charge is -2.20. The van der Waals surface area contributed by atoms with Gasteiger partial charge in [-0.1, -0.05) is 37.0 Å². The fourth-order valence-electron chi connectivity index (χ4n) is 3.72. The molecule has 0 atom stereocenters. The molecule has 1 amide bonds. The predicted octanol–water partition coefficient (Wildman–Crippen LogP) is 3.17. The average molecular weight is 413 g/mol. The van der Waals surface area contributed by atoms with E-state index in [4.69, 9.17) is 0 Å². The van der Waals surface area contributed by atoms with Crippen molar-refractivity contribution in [3.05, 3.63) is 54.0 Å². The first-order valence-electron chi connectivity index (χ1n) is 9.88. The van der Waals surface area contributed by atoms with Crippen LogP contribution in [-0.2, 0) is 21.4 Å². The van der Waals surface area contributed by atoms with Crippen molar-refractivity contribution < 1.29 is 13.2 Å². The van der Waals surface area contributed by atoms with E-state index in [-0.39, 0.29) is 28.9 Å². The molecule has 0 aliphatic heterocycles. The summed E-state index contributed by atoms with van der Waals surface area (Å²) < 4.78 is 27.0. The normalized spacial score (nSPS) is 15.5. The molecule has 8 heteroatoms. The Kier molecular flexibility index (Phi) is 5.36. The van der Waals surface area contributed by atoms with Crippen molar-refractivity contribution in [2.24, 2.45) is 5.92 Å². The first-order valence-corrected chi connectivity index (χ1v) is 11.3. The minimum absolute atomic E-state index is 0.0612. The van der Waals surface area contributed by atoms with E-state index in [2.05, 4.69) is 15.3 Å². The number of amides is 1. The number of carbonyl (C=O) groups is 1. The van der Waals surface area contributed by atoms with Crippen molar-refractivity contribution in [3.63, 3.8) is 0 Å². The molecule has 152 valence electrons. The van der Waals surface area contributed by atoms with Crippen LogP contribution in [0.15, 0.2) is 47.6 Å². The molecular formula is C21H24N4O3S. The molecule has 4 rings (SSSR count). The largest absolute Gasteiger partial charge is 0.350 e. The van der Waals surface area contributed by atoms with Crippen LogP contribution < -0.4 is 5.32 Å². The average Bonchev–Trinajstić information content (AvgIpc) is 3.17. The summed E-state index contributed by atoms with van der Waals surface area (Å²) in [5.41, 5.74) is 2.34. The molecule has 1 saturated carbocycles. The van der Waals surface area contributed by atoms with E-state index < -0.39 is 10.0 Å². The standard InChI is InChI=1S/C21H24N4O3S/c1-15-7-9-18(10-8-15)29(27,28)25-12-11-19-20(25)22-13-17(24-19)14-23-21(26)16-5-3-2-4-6-16/h7-13,16H,2-6,14H2,1H3,(H,23,26). The zero-order chi connectivity index (χ0) is 20.4. The van der Waals surface area contributed by atoms with Gasteiger partial charge in [0.15, 0.2) is 5.65 Å². The van der Waals surface area contributed by atoms with E-state index >= 15 is 0 Å². The van der Waals surface area contributed by atoms with Gasteiger partial charge in [0.05, 0.1) is 23.3 Å². The second kappa shape index (κ2) is 7.94. The molecule has 2 heterocycles. The molecule has 0 bridgehead atoms. The highest BCUT2D eigenvalue weighted by atomic mass is 32.2. The quantitative estimate of drug-likeness (QED) is 0.695. The molecule has 1 N–H and O–H groups in total. The summed E-state index contributed by atoms with van der Waals surface area (Å²) in [6, 6.07) is 8.31. The number of nitrogens with one attached hydrogen (secondary N) is 1. The third-order valence-electron chi connectivity index (χ3n) is 5.40. The highest BCUT2D eigenvalue weighted by molar-refractivity contribution is 7.90. The number of aromatic nitrogens is 3. The number of carbonyl (C=O) groups excluding carboxylic acids is 1. The summed E-state index contributed by atoms with van der Waals surface area (Å²) in [6.45, 7) is 2.19. The molecule has 7 nitrogen and oxygen atoms in total. The molecule has 1 aliphatic rings. The van der Waals surface area contributed by atoms with Crippen molar-refractivity contribution in [3.8, 4) is 0 Å². The first kappa shape index (κ1) is 19.6. The van der Waals surface area contributed by atoms with Gasteiger partial charge in [0.1, 0.15) is 5.52 Å². The van der Waals surface area contributed by atoms with Crippen LogP contribution in [0.2, 0.25) is 0 Å². The van der Waals surface area contributed by atoms with Crippen molar-refractivity contribution in [1.82, 2.24) is 19.3 Å². The number of hydrogen-bond donors (Lipinski definition) is 1. The molecule has 0 unspecified atom stereocenters. The maximum Gasteiger partial charge on any atom is 0.269 e. The Balaban J connectivity index is 1.53. The molecule has 2 aromatic heterocycles. The predicted molar refractivity (Wildman–Crippen MR) is 110 cm³/mol. The molecule has 0 saturated heterocycles. The van der Waals surface area contributed by atoms with Crippen molar-refractivity contribution in [2.45, 2.75) is 50.5 Å². The number of rotatable bonds is 5. The molecule has 0 spiro atoms. The summed E-state index contributed by atoms with van der Waals surface area (Å²) in [7, 11) is -3.75. The Bertz CT molecular complexity index is 1130. The van der Waals surface area contributed by atoms with Crippen molar-refractivity contribution in [2.75, 3.05) is 0 Å². The van der Waals surface area contributed by atoms with Gasteiger partial charge in [-0.15, -0.1) is 0 Å². The lowest BCUT2D eigenvalue weighted by atomic mass is 9.89. The minimum atomic E-state index is -3.75. The zero-order valence-electron chi connectivity index (χ0n) is 16.3. The number of aryl methyl sites for hydroxylation is 1. The zero-order valence-corrected chi connectivity index (χ0v) is 17.2. The van der Waals surface area contributed by atoms with E-state index in [0.717, 1.165) is 35.2 Å². The van der Waals surface area contributed by atoms with E-state index in [1.807, 2.05) is 6.92 Å². The Hall–Kier alpha value is -2.74. The van der Waals surface area contributed by atoms with E-state index in [0.29, 0.717) is 11.2 Å². The molecule has 29 heavy (non-hydrogen) atoms. The Morgan fingerprint density at radius 2 is 1.86 bits per heavy atom. The smallest absolute Gasteiger partial charge is 0.269 e. The highest BCUT2D eigenvalue weighted by Crippen LogP contribution is 2.24. The summed E-state index contributed by atoms with van der Waals surface area (Å²) >= 11 is 0. The minimum Gasteiger partial charge on any atom is -0.350 e. The topological polar surface area (TPSA) is 94.0 Å². The Morgan fingerprint density at radius 1 is 1.14 bits per heavy atom. The Morgan fingerprint density at radius 3 is 2.59 bits per heavy atom. The van der Waals surface area contributed by atoms with Gasteiger partial charge in [-0.2, -0.15) is 0 Å². The molecule has 1 fully saturated rings. The lowest BCUT2D eigenvalue weighted by Crippen LogP contribution is -2.31. The Labute approximate surface area is 170 Å². The fraction of sp³-hybridized carbons (Fsp3) is 0.381. The molecule has 3 aromatic rings. The lowest BCUT2D eigenvalue weighted by molar-refractivity contribution is -0.126. The third-order valence-corrected chi connectivity index (χ3v) is 7.08. The highest BCUT2D eigenvalue weighted by Gasteiger charge is 2.22. The molecular weight excluding hydrogens is 388 g/mol. The van der Waals surface area contributed by atoms with Crippen molar-refractivity contribution in [1.29, 1.82) is 0 Å². The molecule has 1 aromatic carbocycles. The summed E-state index contributed by atoms with van der Waals surface area (Å²) in [4.78, 5) is 21.3. The van der Waals surface area contributed by atoms with Gasteiger partial charge in [-0.05, 0) is 38.0 Å². The monoisotopic (exact) mass is 412 g/mol. The first-order chi connectivity index (χ1) is 13.9. The summed E-state index contributed by atoms with van der Waals surface area (Å²) in [5.74, 6) is 0.146. The van der Waals surface area contributed by atoms with Crippen molar-refractivity contribution >= 4 is 27.1 Å². The van der Waals surface area contributed by atoms with Crippen LogP contribution in [0.25, 0.3) is 11.2 Å². The van der Waals surface area contributed by atoms with E-state index in [1.54, 1.807) is 30.3 Å². The van der Waals surface area contributed by atoms with Crippen LogP contribution >= 0.6 is 0 Å². The molecule has 1 aliphatic carbocycles. The number of hydrogen-bond acceptors (Lipinski definition) is 5. The van der Waals surface area contributed by atoms with Crippen LogP contribution in [-0.4, -0.2) is 28.3 Å². The van der Waals surface area contributed by atoms with Crippen LogP contribution in [0, 0.1) is 12.8 Å². The number of fused-ring (bicyclic) bond motifs is 1. The fourth-order valence-corrected chi connectivity index (χ4v) is 5.01. The second-order valence-electron chi connectivity index (χ2n) is 7.55. The van der Waals surface area contributed by atoms with Gasteiger partial charge in [0, 0.05) is 12.1 Å². The SMILES string of the molecule is Cc1ccc(S(=O)(=O)n2ccc3nc(CNC(=O)C4CCCCC4)cnc32)cc1. The van der Waals surface area contributed by atoms with Crippen LogP contribution in [0.4, 0.5) is 0 Å². The second-order valence-corrected chi connectivity index (χ2v) is 9.37. The van der Waals surface area contributed by atoms with Crippen LogP contribution in [0.1, 0.15) is 43.4 Å². The third kappa shape index (κ3) is 4.03. The van der Waals surface area contributed by atoms with Crippen LogP contribution in [0.5, 0.6) is 0 Å². The summed E-state index contributed by atoms with van der Waals surface area (Å²) in [5, 5.41) is 2.94. The van der Waals surface area contributed by atoms with E-state index in [1.165, 1.54) is 18.8 Å². The van der Waals surface area contributed by atoms with Gasteiger partial charge in [-0.25, -0.2) is 22.4 Å². The van der Waals surface area contributed by atoms with Crippen LogP contribution in [0.3, 0.4) is 0 Å². The van der Waals surface area contributed by atoms with Gasteiger partial charge in [-0.3, -0.25) is 4.79 Å². The number of benzene rings is 1. The summed E-state index contributed by atoms with van der Waals surface area (Å²) in [6.07, 6.45) is 8.27. The van der Waals surface area contributed by atoms with Gasteiger partial charge in [0.2, 0.25) is 5.91 Å². The maximum atomic E-state index is 12.9. The van der Waals surface area contributed by atoms with Gasteiger partial charge >= 0.3 is 0 Å². The maximum absolute atomic E-state index is 12.9. The van der Waals surface area contributed by atoms with E-state index in [9.17, 15) is 13.2 Å².